The van der Waals surface area contributed by atoms with Crippen molar-refractivity contribution in [2.24, 2.45) is 0 Å². The maximum atomic E-state index is 12.3. The average molecular weight is 571 g/mol. The van der Waals surface area contributed by atoms with Crippen molar-refractivity contribution in [3.8, 4) is 0 Å². The minimum atomic E-state index is -4.63. The van der Waals surface area contributed by atoms with Crippen LogP contribution in [0.25, 0.3) is 11.2 Å². The van der Waals surface area contributed by atoms with Gasteiger partial charge in [-0.05, 0) is 54.3 Å². The highest BCUT2D eigenvalue weighted by molar-refractivity contribution is 5.71. The van der Waals surface area contributed by atoms with Crippen LogP contribution in [0.2, 0.25) is 0 Å². The number of alkyl halides is 6. The van der Waals surface area contributed by atoms with E-state index < -0.39 is 24.1 Å². The molecule has 2 aromatic heterocycles. The summed E-state index contributed by atoms with van der Waals surface area (Å²) >= 11 is 0. The molecular formula is C27H28F6N4O3. The summed E-state index contributed by atoms with van der Waals surface area (Å²) in [7, 11) is 0. The molecule has 3 aromatic rings. The zero-order chi connectivity index (χ0) is 29.3. The summed E-state index contributed by atoms with van der Waals surface area (Å²) in [6, 6.07) is 7.34. The third kappa shape index (κ3) is 8.57. The quantitative estimate of drug-likeness (QED) is 0.243. The maximum absolute atomic E-state index is 12.3. The van der Waals surface area contributed by atoms with Crippen LogP contribution in [0.15, 0.2) is 66.1 Å². The number of pyridine rings is 1. The molecule has 40 heavy (non-hydrogen) atoms. The minimum Gasteiger partial charge on any atom is -0.410 e. The number of aryl methyl sites for hydroxylation is 1. The molecule has 216 valence electrons. The molecule has 0 spiro atoms. The monoisotopic (exact) mass is 570 g/mol. The first-order valence-corrected chi connectivity index (χ1v) is 12.4. The highest BCUT2D eigenvalue weighted by Crippen LogP contribution is 2.30. The van der Waals surface area contributed by atoms with E-state index in [2.05, 4.69) is 26.9 Å². The van der Waals surface area contributed by atoms with Gasteiger partial charge in [0.1, 0.15) is 17.1 Å². The number of hydrogen-bond donors (Lipinski definition) is 2. The molecule has 0 saturated heterocycles. The largest absolute Gasteiger partial charge is 0.572 e. The molecule has 1 amide bonds. The van der Waals surface area contributed by atoms with Gasteiger partial charge in [0.15, 0.2) is 5.65 Å². The number of ether oxygens (including phenoxy) is 1. The number of nitrogens with zero attached hydrogens (tertiary/aromatic N) is 3. The summed E-state index contributed by atoms with van der Waals surface area (Å²) < 4.78 is 79.5. The molecule has 0 bridgehead atoms. The number of amides is 1. The molecule has 2 N–H and O–H groups in total. The Hall–Kier alpha value is -3.87. The Morgan fingerprint density at radius 1 is 1.10 bits per heavy atom. The Morgan fingerprint density at radius 2 is 1.82 bits per heavy atom. The third-order valence-corrected chi connectivity index (χ3v) is 5.95. The Kier molecular flexibility index (Phi) is 10.3. The molecule has 13 heteroatoms. The number of nitrogens with one attached hydrogen (secondary N) is 1. The molecule has 1 aromatic carbocycles. The Bertz CT molecular complexity index is 1330. The maximum Gasteiger partial charge on any atom is 0.572 e. The topological polar surface area (TPSA) is 89.3 Å². The normalized spacial score (nSPS) is 14.5. The first-order valence-electron chi connectivity index (χ1n) is 12.4. The first kappa shape index (κ1) is 30.7. The van der Waals surface area contributed by atoms with E-state index in [0.717, 1.165) is 47.5 Å². The second-order valence-electron chi connectivity index (χ2n) is 8.86. The van der Waals surface area contributed by atoms with Crippen LogP contribution in [0.3, 0.4) is 0 Å². The number of aromatic nitrogens is 3. The van der Waals surface area contributed by atoms with Crippen molar-refractivity contribution >= 4 is 17.6 Å². The number of carbonyl (C=O) groups excluding carboxylic acids is 1. The van der Waals surface area contributed by atoms with Crippen LogP contribution in [-0.2, 0) is 28.7 Å². The molecule has 7 nitrogen and oxygen atoms in total. The fraction of sp³-hybridized carbons (Fsp3) is 0.370. The van der Waals surface area contributed by atoms with E-state index in [1.165, 1.54) is 18.2 Å². The van der Waals surface area contributed by atoms with Crippen molar-refractivity contribution in [3.05, 3.63) is 83.0 Å². The predicted octanol–water partition coefficient (Wildman–Crippen LogP) is 6.01. The van der Waals surface area contributed by atoms with Crippen LogP contribution < -0.4 is 5.32 Å². The molecule has 0 radical (unpaired) electrons. The standard InChI is InChI=1S/C17H18F3N3O.C10H10F3NO2/c1-2-4-15-22-14-5-3-10-21-16(14)23(15)11-12-6-8-13(9-7-12)24-17(18,19)20;11-10(12,13)8-3-1-7(2-4-8)9(5-15)14-6-16/h3,5-6,8,10H,2,4,7,9,11H2,1H3;1-4,6,9,15H,5H2,(H,14,16). The second kappa shape index (κ2) is 13.5. The SMILES string of the molecule is CCCc1nc2cccnc2n1CC1=CC=C(OC(F)(F)F)CC1.O=CNC(CO)c1ccc(C(F)(F)F)cc1. The lowest BCUT2D eigenvalue weighted by Crippen LogP contribution is -2.22. The van der Waals surface area contributed by atoms with Crippen molar-refractivity contribution in [2.45, 2.75) is 57.7 Å². The number of fused-ring (bicyclic) bond motifs is 1. The fourth-order valence-electron chi connectivity index (χ4n) is 4.06. The molecule has 4 rings (SSSR count). The Balaban J connectivity index is 0.000000241. The zero-order valence-corrected chi connectivity index (χ0v) is 21.5. The molecular weight excluding hydrogens is 542 g/mol. The molecule has 2 heterocycles. The van der Waals surface area contributed by atoms with Crippen molar-refractivity contribution in [1.82, 2.24) is 19.9 Å². The number of carbonyl (C=O) groups is 1. The van der Waals surface area contributed by atoms with Crippen LogP contribution in [0.1, 0.15) is 49.2 Å². The van der Waals surface area contributed by atoms with Crippen LogP contribution in [0.4, 0.5) is 26.3 Å². The molecule has 1 atom stereocenters. The van der Waals surface area contributed by atoms with E-state index in [4.69, 9.17) is 5.11 Å². The van der Waals surface area contributed by atoms with Gasteiger partial charge in [0.05, 0.1) is 18.2 Å². The number of imidazole rings is 1. The van der Waals surface area contributed by atoms with Gasteiger partial charge in [-0.25, -0.2) is 9.97 Å². The Labute approximate surface area is 226 Å². The highest BCUT2D eigenvalue weighted by atomic mass is 19.4. The van der Waals surface area contributed by atoms with Gasteiger partial charge in [0.2, 0.25) is 6.41 Å². The first-order chi connectivity index (χ1) is 18.9. The van der Waals surface area contributed by atoms with Crippen molar-refractivity contribution < 1.29 is 41.0 Å². The van der Waals surface area contributed by atoms with Gasteiger partial charge in [-0.1, -0.05) is 25.1 Å². The fourth-order valence-corrected chi connectivity index (χ4v) is 4.06. The number of aliphatic hydroxyl groups excluding tert-OH is 1. The highest BCUT2D eigenvalue weighted by Gasteiger charge is 2.32. The average Bonchev–Trinajstić information content (AvgIpc) is 3.24. The molecule has 0 fully saturated rings. The van der Waals surface area contributed by atoms with Gasteiger partial charge in [-0.3, -0.25) is 4.79 Å². The molecule has 1 aliphatic carbocycles. The summed E-state index contributed by atoms with van der Waals surface area (Å²) in [4.78, 5) is 19.2. The summed E-state index contributed by atoms with van der Waals surface area (Å²) in [6.07, 6.45) is -1.23. The molecule has 1 unspecified atom stereocenters. The van der Waals surface area contributed by atoms with Gasteiger partial charge < -0.3 is 19.7 Å². The lowest BCUT2D eigenvalue weighted by atomic mass is 10.0. The third-order valence-electron chi connectivity index (χ3n) is 5.95. The van der Waals surface area contributed by atoms with Gasteiger partial charge in [0.25, 0.3) is 0 Å². The van der Waals surface area contributed by atoms with Crippen molar-refractivity contribution in [2.75, 3.05) is 6.61 Å². The van der Waals surface area contributed by atoms with Crippen LogP contribution in [0, 0.1) is 0 Å². The van der Waals surface area contributed by atoms with Crippen molar-refractivity contribution in [1.29, 1.82) is 0 Å². The number of allylic oxidation sites excluding steroid dienone is 4. The van der Waals surface area contributed by atoms with Gasteiger partial charge >= 0.3 is 12.5 Å². The number of aliphatic hydroxyl groups is 1. The molecule has 0 aliphatic heterocycles. The van der Waals surface area contributed by atoms with Crippen LogP contribution >= 0.6 is 0 Å². The van der Waals surface area contributed by atoms with E-state index in [9.17, 15) is 31.1 Å². The minimum absolute atomic E-state index is 0.0476. The zero-order valence-electron chi connectivity index (χ0n) is 21.5. The number of hydrogen-bond acceptors (Lipinski definition) is 5. The smallest absolute Gasteiger partial charge is 0.410 e. The summed E-state index contributed by atoms with van der Waals surface area (Å²) in [6.45, 7) is 2.29. The summed E-state index contributed by atoms with van der Waals surface area (Å²) in [5, 5.41) is 11.2. The predicted molar refractivity (Wildman–Crippen MR) is 135 cm³/mol. The summed E-state index contributed by atoms with van der Waals surface area (Å²) in [5.41, 5.74) is 2.34. The lowest BCUT2D eigenvalue weighted by Gasteiger charge is -2.18. The van der Waals surface area contributed by atoms with Crippen molar-refractivity contribution in [3.63, 3.8) is 0 Å². The number of halogens is 6. The van der Waals surface area contributed by atoms with Crippen LogP contribution in [-0.4, -0.2) is 39.0 Å². The number of benzene rings is 1. The van der Waals surface area contributed by atoms with E-state index in [0.29, 0.717) is 24.9 Å². The number of rotatable bonds is 9. The van der Waals surface area contributed by atoms with E-state index in [-0.39, 0.29) is 18.8 Å². The molecule has 0 saturated carbocycles. The Morgan fingerprint density at radius 3 is 2.38 bits per heavy atom. The van der Waals surface area contributed by atoms with E-state index >= 15 is 0 Å². The van der Waals surface area contributed by atoms with E-state index in [1.54, 1.807) is 12.3 Å². The lowest BCUT2D eigenvalue weighted by molar-refractivity contribution is -0.306. The second-order valence-corrected chi connectivity index (χ2v) is 8.86. The van der Waals surface area contributed by atoms with Gasteiger partial charge in [-0.15, -0.1) is 13.2 Å². The van der Waals surface area contributed by atoms with E-state index in [1.807, 2.05) is 16.7 Å². The van der Waals surface area contributed by atoms with Gasteiger partial charge in [0, 0.05) is 25.6 Å². The van der Waals surface area contributed by atoms with Crippen LogP contribution in [0.5, 0.6) is 0 Å². The van der Waals surface area contributed by atoms with Gasteiger partial charge in [-0.2, -0.15) is 13.2 Å². The molecule has 1 aliphatic rings. The summed E-state index contributed by atoms with van der Waals surface area (Å²) in [5.74, 6) is 0.905.